The van der Waals surface area contributed by atoms with Crippen LogP contribution in [-0.2, 0) is 17.1 Å². The third-order valence-corrected chi connectivity index (χ3v) is 4.70. The molecule has 3 aromatic carbocycles. The maximum atomic E-state index is 13.2. The van der Waals surface area contributed by atoms with Gasteiger partial charge in [0.15, 0.2) is 5.72 Å². The molecule has 3 aromatic rings. The van der Waals surface area contributed by atoms with Crippen LogP contribution in [0.1, 0.15) is 16.7 Å². The Morgan fingerprint density at radius 3 is 1.92 bits per heavy atom. The minimum atomic E-state index is -1.47. The van der Waals surface area contributed by atoms with Crippen molar-refractivity contribution in [3.05, 3.63) is 114 Å². The van der Waals surface area contributed by atoms with Crippen molar-refractivity contribution in [3.63, 3.8) is 0 Å². The zero-order chi connectivity index (χ0) is 18.0. The molecule has 26 heavy (non-hydrogen) atoms. The first kappa shape index (κ1) is 16.3. The van der Waals surface area contributed by atoms with Gasteiger partial charge in [-0.15, -0.1) is 0 Å². The Labute approximate surface area is 152 Å². The minimum Gasteiger partial charge on any atom is -0.363 e. The molecule has 1 N–H and O–H groups in total. The van der Waals surface area contributed by atoms with Crippen LogP contribution in [0, 0.1) is 0 Å². The Hall–Kier alpha value is -3.17. The molecule has 1 aliphatic rings. The second-order valence-corrected chi connectivity index (χ2v) is 6.39. The molecular formula is C23H19NO2. The topological polar surface area (TPSA) is 40.5 Å². The fourth-order valence-corrected chi connectivity index (χ4v) is 3.35. The van der Waals surface area contributed by atoms with Crippen molar-refractivity contribution in [2.45, 2.75) is 12.3 Å². The van der Waals surface area contributed by atoms with Crippen LogP contribution in [0.15, 0.2) is 97.1 Å². The molecule has 1 atom stereocenters. The van der Waals surface area contributed by atoms with Crippen molar-refractivity contribution in [3.8, 4) is 0 Å². The summed E-state index contributed by atoms with van der Waals surface area (Å²) in [5.41, 5.74) is 1.50. The Morgan fingerprint density at radius 2 is 1.31 bits per heavy atom. The van der Waals surface area contributed by atoms with Crippen molar-refractivity contribution in [2.24, 2.45) is 0 Å². The maximum absolute atomic E-state index is 13.2. The van der Waals surface area contributed by atoms with Gasteiger partial charge >= 0.3 is 0 Å². The second-order valence-electron chi connectivity index (χ2n) is 6.39. The predicted molar refractivity (Wildman–Crippen MR) is 102 cm³/mol. The first-order valence-electron chi connectivity index (χ1n) is 8.60. The molecule has 3 heteroatoms. The van der Waals surface area contributed by atoms with Gasteiger partial charge in [0.1, 0.15) is 0 Å². The average molecular weight is 341 g/mol. The van der Waals surface area contributed by atoms with Crippen LogP contribution < -0.4 is 0 Å². The maximum Gasteiger partial charge on any atom is 0.257 e. The third kappa shape index (κ3) is 2.83. The lowest BCUT2D eigenvalue weighted by Gasteiger charge is -2.33. The second kappa shape index (κ2) is 6.62. The molecular weight excluding hydrogens is 322 g/mol. The van der Waals surface area contributed by atoms with E-state index in [9.17, 15) is 9.90 Å². The molecule has 1 heterocycles. The van der Waals surface area contributed by atoms with E-state index in [-0.39, 0.29) is 5.91 Å². The molecule has 0 radical (unpaired) electrons. The number of nitrogens with zero attached hydrogens (tertiary/aromatic N) is 1. The molecule has 0 fully saturated rings. The van der Waals surface area contributed by atoms with Gasteiger partial charge in [0.25, 0.3) is 5.91 Å². The third-order valence-electron chi connectivity index (χ3n) is 4.70. The van der Waals surface area contributed by atoms with Gasteiger partial charge in [-0.2, -0.15) is 0 Å². The molecule has 0 bridgehead atoms. The van der Waals surface area contributed by atoms with Crippen LogP contribution in [-0.4, -0.2) is 15.9 Å². The summed E-state index contributed by atoms with van der Waals surface area (Å²) >= 11 is 0. The van der Waals surface area contributed by atoms with Gasteiger partial charge in [-0.05, 0) is 17.2 Å². The number of rotatable bonds is 4. The number of hydrogen-bond donors (Lipinski definition) is 1. The minimum absolute atomic E-state index is 0.175. The molecule has 1 amide bonds. The summed E-state index contributed by atoms with van der Waals surface area (Å²) in [5, 5.41) is 11.5. The monoisotopic (exact) mass is 341 g/mol. The Kier molecular flexibility index (Phi) is 4.15. The highest BCUT2D eigenvalue weighted by Gasteiger charge is 2.45. The summed E-state index contributed by atoms with van der Waals surface area (Å²) in [6.45, 7) is 0.331. The molecule has 0 unspecified atom stereocenters. The summed E-state index contributed by atoms with van der Waals surface area (Å²) in [6.07, 6.45) is 1.67. The smallest absolute Gasteiger partial charge is 0.257 e. The van der Waals surface area contributed by atoms with E-state index in [1.807, 2.05) is 91.0 Å². The lowest BCUT2D eigenvalue weighted by atomic mass is 10.00. The molecule has 1 aliphatic heterocycles. The molecule has 128 valence electrons. The fourth-order valence-electron chi connectivity index (χ4n) is 3.35. The van der Waals surface area contributed by atoms with E-state index < -0.39 is 5.72 Å². The van der Waals surface area contributed by atoms with E-state index >= 15 is 0 Å². The first-order chi connectivity index (χ1) is 12.7. The van der Waals surface area contributed by atoms with Gasteiger partial charge in [-0.25, -0.2) is 0 Å². The Bertz CT molecular complexity index is 936. The number of aliphatic hydroxyl groups is 1. The van der Waals surface area contributed by atoms with Crippen LogP contribution in [0.4, 0.5) is 0 Å². The zero-order valence-electron chi connectivity index (χ0n) is 14.2. The fraction of sp³-hybridized carbons (Fsp3) is 0.0870. The number of benzene rings is 3. The summed E-state index contributed by atoms with van der Waals surface area (Å²) in [6, 6.07) is 28.5. The number of amides is 1. The highest BCUT2D eigenvalue weighted by atomic mass is 16.3. The van der Waals surface area contributed by atoms with E-state index in [0.717, 1.165) is 11.1 Å². The normalized spacial score (nSPS) is 19.5. The first-order valence-corrected chi connectivity index (χ1v) is 8.60. The van der Waals surface area contributed by atoms with E-state index in [4.69, 9.17) is 0 Å². The number of carbonyl (C=O) groups is 1. The van der Waals surface area contributed by atoms with Crippen molar-refractivity contribution < 1.29 is 9.90 Å². The summed E-state index contributed by atoms with van der Waals surface area (Å²) in [5.74, 6) is -0.175. The zero-order valence-corrected chi connectivity index (χ0v) is 14.2. The molecule has 0 aliphatic carbocycles. The predicted octanol–water partition coefficient (Wildman–Crippen LogP) is 3.96. The molecule has 0 saturated carbocycles. The van der Waals surface area contributed by atoms with Crippen LogP contribution in [0.25, 0.3) is 5.57 Å². The van der Waals surface area contributed by atoms with Crippen LogP contribution in [0.3, 0.4) is 0 Å². The van der Waals surface area contributed by atoms with Gasteiger partial charge in [0, 0.05) is 17.7 Å². The number of hydrogen-bond acceptors (Lipinski definition) is 2. The lowest BCUT2D eigenvalue weighted by Crippen LogP contribution is -2.43. The molecule has 3 nitrogen and oxygen atoms in total. The Morgan fingerprint density at radius 1 is 0.769 bits per heavy atom. The van der Waals surface area contributed by atoms with E-state index in [2.05, 4.69) is 0 Å². The van der Waals surface area contributed by atoms with Crippen molar-refractivity contribution in [2.75, 3.05) is 0 Å². The van der Waals surface area contributed by atoms with Crippen LogP contribution >= 0.6 is 0 Å². The largest absolute Gasteiger partial charge is 0.363 e. The van der Waals surface area contributed by atoms with E-state index in [1.165, 1.54) is 4.90 Å². The van der Waals surface area contributed by atoms with E-state index in [0.29, 0.717) is 17.7 Å². The molecule has 0 spiro atoms. The van der Waals surface area contributed by atoms with Crippen LogP contribution in [0.2, 0.25) is 0 Å². The van der Waals surface area contributed by atoms with Gasteiger partial charge < -0.3 is 5.11 Å². The highest BCUT2D eigenvalue weighted by molar-refractivity contribution is 6.22. The SMILES string of the molecule is O=C1C(c2ccccc2)=C[C@](O)(c2ccccc2)N1Cc1ccccc1. The van der Waals surface area contributed by atoms with Crippen LogP contribution in [0.5, 0.6) is 0 Å². The van der Waals surface area contributed by atoms with Gasteiger partial charge in [-0.3, -0.25) is 9.69 Å². The van der Waals surface area contributed by atoms with Gasteiger partial charge in [0.2, 0.25) is 0 Å². The lowest BCUT2D eigenvalue weighted by molar-refractivity contribution is -0.143. The summed E-state index contributed by atoms with van der Waals surface area (Å²) in [7, 11) is 0. The molecule has 0 saturated heterocycles. The van der Waals surface area contributed by atoms with E-state index in [1.54, 1.807) is 6.08 Å². The number of carbonyl (C=O) groups excluding carboxylic acids is 1. The van der Waals surface area contributed by atoms with Crippen molar-refractivity contribution in [1.29, 1.82) is 0 Å². The Balaban J connectivity index is 1.80. The molecule has 0 aromatic heterocycles. The van der Waals surface area contributed by atoms with Gasteiger partial charge in [-0.1, -0.05) is 91.0 Å². The quantitative estimate of drug-likeness (QED) is 0.780. The summed E-state index contributed by atoms with van der Waals surface area (Å²) in [4.78, 5) is 14.7. The summed E-state index contributed by atoms with van der Waals surface area (Å²) < 4.78 is 0. The highest BCUT2D eigenvalue weighted by Crippen LogP contribution is 2.39. The molecule has 4 rings (SSSR count). The average Bonchev–Trinajstić information content (AvgIpc) is 2.96. The standard InChI is InChI=1S/C23H19NO2/c25-22-21(19-12-6-2-7-13-19)16-23(26,20-14-8-3-9-15-20)24(22)17-18-10-4-1-5-11-18/h1-16,26H,17H2/t23-/m0/s1. The van der Waals surface area contributed by atoms with Crippen molar-refractivity contribution >= 4 is 11.5 Å². The van der Waals surface area contributed by atoms with Crippen molar-refractivity contribution in [1.82, 2.24) is 4.90 Å². The van der Waals surface area contributed by atoms with Gasteiger partial charge in [0.05, 0.1) is 0 Å².